The van der Waals surface area contributed by atoms with Crippen molar-refractivity contribution in [2.24, 2.45) is 0 Å². The maximum atomic E-state index is 13.4. The first-order valence-electron chi connectivity index (χ1n) is 10.9. The van der Waals surface area contributed by atoms with Gasteiger partial charge in [0.05, 0.1) is 4.92 Å². The predicted octanol–water partition coefficient (Wildman–Crippen LogP) is 4.49. The molecule has 0 unspecified atom stereocenters. The van der Waals surface area contributed by atoms with Crippen molar-refractivity contribution < 1.29 is 26.7 Å². The molecular weight excluding hydrogens is 549 g/mol. The van der Waals surface area contributed by atoms with Crippen LogP contribution in [-0.2, 0) is 21.3 Å². The summed E-state index contributed by atoms with van der Waals surface area (Å²) in [5, 5.41) is 31.7. The lowest BCUT2D eigenvalue weighted by Gasteiger charge is -2.10. The van der Waals surface area contributed by atoms with E-state index in [1.165, 1.54) is 48.5 Å². The van der Waals surface area contributed by atoms with Crippen LogP contribution in [0.2, 0.25) is 0 Å². The summed E-state index contributed by atoms with van der Waals surface area (Å²) in [4.78, 5) is 22.5. The number of para-hydroxylation sites is 2. The van der Waals surface area contributed by atoms with Gasteiger partial charge in [-0.25, -0.2) is 4.39 Å². The molecule has 39 heavy (non-hydrogen) atoms. The third kappa shape index (κ3) is 6.66. The number of carbonyl (C=O) groups is 1. The van der Waals surface area contributed by atoms with Crippen molar-refractivity contribution >= 4 is 44.3 Å². The lowest BCUT2D eigenvalue weighted by Crippen LogP contribution is -2.14. The first kappa shape index (κ1) is 27.0. The molecule has 0 aliphatic carbocycles. The number of aromatic nitrogens is 2. The molecule has 4 rings (SSSR count). The largest absolute Gasteiger partial charge is 0.378 e. The van der Waals surface area contributed by atoms with Crippen LogP contribution in [0, 0.1) is 27.3 Å². The van der Waals surface area contributed by atoms with Gasteiger partial charge in [-0.1, -0.05) is 53.8 Å². The molecule has 1 heterocycles. The van der Waals surface area contributed by atoms with Crippen LogP contribution >= 0.6 is 11.3 Å². The molecule has 0 radical (unpaired) electrons. The molecule has 0 bridgehead atoms. The summed E-state index contributed by atoms with van der Waals surface area (Å²) < 4.78 is 44.2. The first-order chi connectivity index (χ1) is 18.7. The van der Waals surface area contributed by atoms with E-state index in [1.54, 1.807) is 18.2 Å². The van der Waals surface area contributed by atoms with Crippen LogP contribution in [0.3, 0.4) is 0 Å². The van der Waals surface area contributed by atoms with Crippen LogP contribution in [0.5, 0.6) is 5.75 Å². The maximum absolute atomic E-state index is 13.4. The molecule has 4 aromatic rings. The summed E-state index contributed by atoms with van der Waals surface area (Å²) in [5.74, 6) is -1.50. The van der Waals surface area contributed by atoms with E-state index < -0.39 is 42.9 Å². The fraction of sp³-hybridized carbons (Fsp3) is 0.0400. The summed E-state index contributed by atoms with van der Waals surface area (Å²) >= 11 is 1.04. The molecule has 196 valence electrons. The quantitative estimate of drug-likeness (QED) is 0.101. The Kier molecular flexibility index (Phi) is 8.04. The van der Waals surface area contributed by atoms with Crippen LogP contribution in [0.1, 0.15) is 16.1 Å². The van der Waals surface area contributed by atoms with Gasteiger partial charge in [-0.05, 0) is 35.9 Å². The Morgan fingerprint density at radius 3 is 2.62 bits per heavy atom. The van der Waals surface area contributed by atoms with Gasteiger partial charge < -0.3 is 4.18 Å². The molecule has 0 spiro atoms. The standard InChI is InChI=1S/C25H16FN5O6S2/c26-19-8-5-6-16(12-19)13-23-29-30-25(38-23)28-24(32)18(15-27)14-17-7-1-3-10-21(17)37-39(35,36)22-11-4-2-9-20(22)31(33)34/h1-12,14H,13H2,(H,28,30,32)/b18-14+. The zero-order chi connectivity index (χ0) is 28.0. The molecule has 0 saturated carbocycles. The van der Waals surface area contributed by atoms with Gasteiger partial charge in [0.1, 0.15) is 28.2 Å². The third-order valence-corrected chi connectivity index (χ3v) is 7.17. The second-order valence-electron chi connectivity index (χ2n) is 7.73. The number of nitrogens with zero attached hydrogens (tertiary/aromatic N) is 4. The van der Waals surface area contributed by atoms with Crippen molar-refractivity contribution in [3.8, 4) is 11.8 Å². The smallest absolute Gasteiger partial charge is 0.346 e. The fourth-order valence-electron chi connectivity index (χ4n) is 3.32. The number of nitriles is 1. The minimum absolute atomic E-state index is 0.0513. The van der Waals surface area contributed by atoms with Gasteiger partial charge in [0, 0.05) is 18.1 Å². The average Bonchev–Trinajstić information content (AvgIpc) is 3.34. The summed E-state index contributed by atoms with van der Waals surface area (Å²) in [7, 11) is -4.64. The van der Waals surface area contributed by atoms with E-state index in [1.807, 2.05) is 0 Å². The topological polar surface area (TPSA) is 165 Å². The van der Waals surface area contributed by atoms with Crippen molar-refractivity contribution in [1.29, 1.82) is 5.26 Å². The normalized spacial score (nSPS) is 11.4. The van der Waals surface area contributed by atoms with E-state index in [9.17, 15) is 33.0 Å². The molecular formula is C25H16FN5O6S2. The minimum atomic E-state index is -4.64. The summed E-state index contributed by atoms with van der Waals surface area (Å²) in [6.45, 7) is 0. The molecule has 11 nitrogen and oxygen atoms in total. The molecule has 1 amide bonds. The van der Waals surface area contributed by atoms with Gasteiger partial charge in [0.2, 0.25) is 5.13 Å². The van der Waals surface area contributed by atoms with Gasteiger partial charge in [-0.3, -0.25) is 20.2 Å². The number of amides is 1. The van der Waals surface area contributed by atoms with E-state index in [0.29, 0.717) is 10.6 Å². The maximum Gasteiger partial charge on any atom is 0.346 e. The highest BCUT2D eigenvalue weighted by Crippen LogP contribution is 2.29. The third-order valence-electron chi connectivity index (χ3n) is 5.05. The molecule has 1 aromatic heterocycles. The number of rotatable bonds is 9. The molecule has 0 atom stereocenters. The van der Waals surface area contributed by atoms with Crippen molar-refractivity contribution in [2.75, 3.05) is 5.32 Å². The number of nitro benzene ring substituents is 1. The number of hydrogen-bond donors (Lipinski definition) is 1. The monoisotopic (exact) mass is 565 g/mol. The van der Waals surface area contributed by atoms with Gasteiger partial charge in [0.25, 0.3) is 11.6 Å². The van der Waals surface area contributed by atoms with Crippen molar-refractivity contribution in [3.63, 3.8) is 0 Å². The molecule has 3 aromatic carbocycles. The SMILES string of the molecule is N#C/C(=C\c1ccccc1OS(=O)(=O)c1ccccc1[N+](=O)[O-])C(=O)Nc1nnc(Cc2cccc(F)c2)s1. The number of benzene rings is 3. The van der Waals surface area contributed by atoms with Gasteiger partial charge in [0.15, 0.2) is 4.90 Å². The second kappa shape index (κ2) is 11.6. The van der Waals surface area contributed by atoms with E-state index >= 15 is 0 Å². The van der Waals surface area contributed by atoms with Gasteiger partial charge >= 0.3 is 10.1 Å². The highest BCUT2D eigenvalue weighted by molar-refractivity contribution is 7.87. The summed E-state index contributed by atoms with van der Waals surface area (Å²) in [6.07, 6.45) is 1.39. The summed E-state index contributed by atoms with van der Waals surface area (Å²) in [5.41, 5.74) is -0.364. The van der Waals surface area contributed by atoms with Crippen molar-refractivity contribution in [2.45, 2.75) is 11.3 Å². The molecule has 0 aliphatic heterocycles. The number of nitrogens with one attached hydrogen (secondary N) is 1. The first-order valence-corrected chi connectivity index (χ1v) is 13.2. The lowest BCUT2D eigenvalue weighted by atomic mass is 10.1. The number of hydrogen-bond acceptors (Lipinski definition) is 10. The summed E-state index contributed by atoms with van der Waals surface area (Å²) in [6, 6.07) is 18.0. The predicted molar refractivity (Wildman–Crippen MR) is 139 cm³/mol. The van der Waals surface area contributed by atoms with Crippen LogP contribution in [0.15, 0.2) is 83.3 Å². The van der Waals surface area contributed by atoms with E-state index in [-0.39, 0.29) is 22.9 Å². The number of anilines is 1. The number of nitro groups is 1. The molecule has 0 fully saturated rings. The zero-order valence-electron chi connectivity index (χ0n) is 19.6. The van der Waals surface area contributed by atoms with E-state index in [0.717, 1.165) is 29.5 Å². The Morgan fingerprint density at radius 2 is 1.87 bits per heavy atom. The Hall–Kier alpha value is -5.00. The average molecular weight is 566 g/mol. The highest BCUT2D eigenvalue weighted by Gasteiger charge is 2.28. The zero-order valence-corrected chi connectivity index (χ0v) is 21.3. The van der Waals surface area contributed by atoms with Crippen molar-refractivity contribution in [3.05, 3.63) is 110 Å². The Labute approximate surface area is 225 Å². The number of halogens is 1. The van der Waals surface area contributed by atoms with Gasteiger partial charge in [-0.15, -0.1) is 10.2 Å². The van der Waals surface area contributed by atoms with Gasteiger partial charge in [-0.2, -0.15) is 13.7 Å². The van der Waals surface area contributed by atoms with Crippen LogP contribution in [0.25, 0.3) is 6.08 Å². The van der Waals surface area contributed by atoms with Crippen molar-refractivity contribution in [1.82, 2.24) is 10.2 Å². The second-order valence-corrected chi connectivity index (χ2v) is 10.3. The molecule has 1 N–H and O–H groups in total. The highest BCUT2D eigenvalue weighted by atomic mass is 32.2. The lowest BCUT2D eigenvalue weighted by molar-refractivity contribution is -0.387. The molecule has 14 heteroatoms. The van der Waals surface area contributed by atoms with E-state index in [2.05, 4.69) is 15.5 Å². The Bertz CT molecular complexity index is 1750. The minimum Gasteiger partial charge on any atom is -0.378 e. The number of carbonyl (C=O) groups excluding carboxylic acids is 1. The van der Waals surface area contributed by atoms with Crippen LogP contribution in [0.4, 0.5) is 15.2 Å². The molecule has 0 aliphatic rings. The fourth-order valence-corrected chi connectivity index (χ4v) is 5.21. The van der Waals surface area contributed by atoms with Crippen LogP contribution in [-0.4, -0.2) is 29.4 Å². The van der Waals surface area contributed by atoms with Crippen LogP contribution < -0.4 is 9.50 Å². The Balaban J connectivity index is 1.54. The van der Waals surface area contributed by atoms with E-state index in [4.69, 9.17) is 4.18 Å². The molecule has 0 saturated heterocycles. The Morgan fingerprint density at radius 1 is 1.13 bits per heavy atom.